The molecule has 1 amide bonds. The van der Waals surface area contributed by atoms with Gasteiger partial charge in [-0.25, -0.2) is 0 Å². The molecule has 1 heterocycles. The molecule has 1 atom stereocenters. The molecule has 24 heavy (non-hydrogen) atoms. The number of anilines is 1. The molecule has 4 N–H and O–H groups in total. The van der Waals surface area contributed by atoms with Crippen molar-refractivity contribution >= 4 is 11.6 Å². The molecule has 1 aliphatic rings. The van der Waals surface area contributed by atoms with E-state index in [-0.39, 0.29) is 0 Å². The SMILES string of the molecule is NC(CO)C(=O)Nc1ccc(-c2noc(C3CCCCC3)n2)cc1. The predicted molar refractivity (Wildman–Crippen MR) is 89.3 cm³/mol. The van der Waals surface area contributed by atoms with Crippen molar-refractivity contribution in [1.29, 1.82) is 0 Å². The smallest absolute Gasteiger partial charge is 0.243 e. The lowest BCUT2D eigenvalue weighted by Gasteiger charge is -2.17. The number of aliphatic hydroxyl groups is 1. The first-order valence-electron chi connectivity index (χ1n) is 8.28. The van der Waals surface area contributed by atoms with Gasteiger partial charge < -0.3 is 20.7 Å². The number of hydrogen-bond donors (Lipinski definition) is 3. The summed E-state index contributed by atoms with van der Waals surface area (Å²) in [6.45, 7) is -0.392. The summed E-state index contributed by atoms with van der Waals surface area (Å²) in [5, 5.41) is 15.6. The monoisotopic (exact) mass is 330 g/mol. The molecule has 3 rings (SSSR count). The number of aromatic nitrogens is 2. The van der Waals surface area contributed by atoms with Gasteiger partial charge >= 0.3 is 0 Å². The highest BCUT2D eigenvalue weighted by atomic mass is 16.5. The number of benzene rings is 1. The Kier molecular flexibility index (Phi) is 5.22. The Morgan fingerprint density at radius 2 is 2.00 bits per heavy atom. The normalized spacial score (nSPS) is 16.8. The minimum atomic E-state index is -0.931. The predicted octanol–water partition coefficient (Wildman–Crippen LogP) is 2.04. The van der Waals surface area contributed by atoms with Gasteiger partial charge in [-0.1, -0.05) is 24.4 Å². The van der Waals surface area contributed by atoms with E-state index in [1.165, 1.54) is 19.3 Å². The van der Waals surface area contributed by atoms with Crippen LogP contribution in [0.2, 0.25) is 0 Å². The van der Waals surface area contributed by atoms with Gasteiger partial charge in [-0.05, 0) is 37.1 Å². The third-order valence-electron chi connectivity index (χ3n) is 4.34. The summed E-state index contributed by atoms with van der Waals surface area (Å²) in [5.41, 5.74) is 6.89. The summed E-state index contributed by atoms with van der Waals surface area (Å²) in [4.78, 5) is 16.2. The zero-order valence-corrected chi connectivity index (χ0v) is 13.4. The first kappa shape index (κ1) is 16.6. The number of nitrogens with zero attached hydrogens (tertiary/aromatic N) is 2. The van der Waals surface area contributed by atoms with Gasteiger partial charge in [-0.2, -0.15) is 4.98 Å². The second kappa shape index (κ2) is 7.55. The third kappa shape index (κ3) is 3.80. The number of nitrogens with two attached hydrogens (primary N) is 1. The van der Waals surface area contributed by atoms with Crippen LogP contribution in [0.15, 0.2) is 28.8 Å². The van der Waals surface area contributed by atoms with E-state index < -0.39 is 18.6 Å². The van der Waals surface area contributed by atoms with E-state index in [1.807, 2.05) is 12.1 Å². The molecule has 1 saturated carbocycles. The highest BCUT2D eigenvalue weighted by Crippen LogP contribution is 2.32. The Balaban J connectivity index is 1.67. The molecule has 0 saturated heterocycles. The van der Waals surface area contributed by atoms with Crippen molar-refractivity contribution in [2.75, 3.05) is 11.9 Å². The molecule has 0 bridgehead atoms. The molecule has 0 aliphatic heterocycles. The number of carbonyl (C=O) groups is 1. The molecular formula is C17H22N4O3. The van der Waals surface area contributed by atoms with Gasteiger partial charge in [0.05, 0.1) is 6.61 Å². The fourth-order valence-electron chi connectivity index (χ4n) is 2.89. The summed E-state index contributed by atoms with van der Waals surface area (Å²) in [6.07, 6.45) is 5.93. The van der Waals surface area contributed by atoms with E-state index in [4.69, 9.17) is 15.4 Å². The van der Waals surface area contributed by atoms with Crippen molar-refractivity contribution in [3.8, 4) is 11.4 Å². The number of carbonyl (C=O) groups excluding carboxylic acids is 1. The maximum atomic E-state index is 11.6. The number of nitrogens with one attached hydrogen (secondary N) is 1. The molecule has 0 spiro atoms. The molecule has 1 unspecified atom stereocenters. The zero-order valence-electron chi connectivity index (χ0n) is 13.4. The Labute approximate surface area is 140 Å². The Morgan fingerprint density at radius 3 is 2.67 bits per heavy atom. The molecule has 1 fully saturated rings. The van der Waals surface area contributed by atoms with Crippen LogP contribution in [0.1, 0.15) is 43.9 Å². The summed E-state index contributed by atoms with van der Waals surface area (Å²) >= 11 is 0. The largest absolute Gasteiger partial charge is 0.394 e. The Bertz CT molecular complexity index is 677. The second-order valence-corrected chi connectivity index (χ2v) is 6.15. The van der Waals surface area contributed by atoms with E-state index >= 15 is 0 Å². The fourth-order valence-corrected chi connectivity index (χ4v) is 2.89. The van der Waals surface area contributed by atoms with Crippen LogP contribution in [0.4, 0.5) is 5.69 Å². The van der Waals surface area contributed by atoms with Crippen molar-refractivity contribution in [1.82, 2.24) is 10.1 Å². The zero-order chi connectivity index (χ0) is 16.9. The first-order chi connectivity index (χ1) is 11.7. The summed E-state index contributed by atoms with van der Waals surface area (Å²) in [6, 6.07) is 6.19. The molecule has 7 nitrogen and oxygen atoms in total. The topological polar surface area (TPSA) is 114 Å². The third-order valence-corrected chi connectivity index (χ3v) is 4.34. The van der Waals surface area contributed by atoms with Gasteiger partial charge in [-0.3, -0.25) is 4.79 Å². The van der Waals surface area contributed by atoms with Crippen LogP contribution in [0, 0.1) is 0 Å². The van der Waals surface area contributed by atoms with Gasteiger partial charge in [0.2, 0.25) is 17.6 Å². The lowest BCUT2D eigenvalue weighted by atomic mass is 9.89. The van der Waals surface area contributed by atoms with Crippen molar-refractivity contribution in [2.45, 2.75) is 44.1 Å². The van der Waals surface area contributed by atoms with E-state index in [9.17, 15) is 4.79 Å². The van der Waals surface area contributed by atoms with Gasteiger partial charge in [-0.15, -0.1) is 0 Å². The maximum Gasteiger partial charge on any atom is 0.243 e. The van der Waals surface area contributed by atoms with Crippen LogP contribution < -0.4 is 11.1 Å². The first-order valence-corrected chi connectivity index (χ1v) is 8.28. The Hall–Kier alpha value is -2.25. The maximum absolute atomic E-state index is 11.6. The molecular weight excluding hydrogens is 308 g/mol. The van der Waals surface area contributed by atoms with Crippen LogP contribution in [0.25, 0.3) is 11.4 Å². The lowest BCUT2D eigenvalue weighted by Crippen LogP contribution is -2.38. The summed E-state index contributed by atoms with van der Waals surface area (Å²) in [5.74, 6) is 1.22. The number of rotatable bonds is 5. The molecule has 1 aromatic carbocycles. The standard InChI is InChI=1S/C17H22N4O3/c18-14(10-22)16(23)19-13-8-6-11(7-9-13)15-20-17(24-21-15)12-4-2-1-3-5-12/h6-9,12,14,22H,1-5,10,18H2,(H,19,23). The van der Waals surface area contributed by atoms with Gasteiger partial charge in [0.15, 0.2) is 0 Å². The van der Waals surface area contributed by atoms with Crippen LogP contribution >= 0.6 is 0 Å². The summed E-state index contributed by atoms with van der Waals surface area (Å²) in [7, 11) is 0. The molecule has 7 heteroatoms. The van der Waals surface area contributed by atoms with Crippen LogP contribution in [-0.4, -0.2) is 33.8 Å². The van der Waals surface area contributed by atoms with Crippen molar-refractivity contribution < 1.29 is 14.4 Å². The number of aliphatic hydroxyl groups excluding tert-OH is 1. The highest BCUT2D eigenvalue weighted by molar-refractivity contribution is 5.94. The molecule has 1 aliphatic carbocycles. The average molecular weight is 330 g/mol. The van der Waals surface area contributed by atoms with Crippen LogP contribution in [0.5, 0.6) is 0 Å². The number of hydrogen-bond acceptors (Lipinski definition) is 6. The van der Waals surface area contributed by atoms with E-state index in [0.717, 1.165) is 24.3 Å². The van der Waals surface area contributed by atoms with Crippen molar-refractivity contribution in [3.05, 3.63) is 30.2 Å². The fraction of sp³-hybridized carbons (Fsp3) is 0.471. The van der Waals surface area contributed by atoms with Crippen LogP contribution in [0.3, 0.4) is 0 Å². The van der Waals surface area contributed by atoms with Gasteiger partial charge in [0.25, 0.3) is 0 Å². The molecule has 0 radical (unpaired) electrons. The molecule has 2 aromatic rings. The van der Waals surface area contributed by atoms with Crippen molar-refractivity contribution in [3.63, 3.8) is 0 Å². The van der Waals surface area contributed by atoms with Crippen molar-refractivity contribution in [2.24, 2.45) is 5.73 Å². The summed E-state index contributed by atoms with van der Waals surface area (Å²) < 4.78 is 5.42. The second-order valence-electron chi connectivity index (χ2n) is 6.15. The lowest BCUT2D eigenvalue weighted by molar-refractivity contribution is -0.118. The van der Waals surface area contributed by atoms with Gasteiger partial charge in [0, 0.05) is 17.2 Å². The molecule has 1 aromatic heterocycles. The highest BCUT2D eigenvalue weighted by Gasteiger charge is 2.22. The van der Waals surface area contributed by atoms with E-state index in [2.05, 4.69) is 15.5 Å². The van der Waals surface area contributed by atoms with Crippen LogP contribution in [-0.2, 0) is 4.79 Å². The van der Waals surface area contributed by atoms with E-state index in [0.29, 0.717) is 17.4 Å². The van der Waals surface area contributed by atoms with Gasteiger partial charge in [0.1, 0.15) is 6.04 Å². The number of amides is 1. The average Bonchev–Trinajstić information content (AvgIpc) is 3.12. The minimum Gasteiger partial charge on any atom is -0.394 e. The Morgan fingerprint density at radius 1 is 1.29 bits per heavy atom. The quantitative estimate of drug-likeness (QED) is 0.773. The molecule has 128 valence electrons. The van der Waals surface area contributed by atoms with E-state index in [1.54, 1.807) is 12.1 Å². The minimum absolute atomic E-state index is 0.374.